The van der Waals surface area contributed by atoms with E-state index in [9.17, 15) is 4.79 Å². The summed E-state index contributed by atoms with van der Waals surface area (Å²) in [5.41, 5.74) is 0. The van der Waals surface area contributed by atoms with E-state index >= 15 is 0 Å². The Morgan fingerprint density at radius 2 is 2.36 bits per heavy atom. The summed E-state index contributed by atoms with van der Waals surface area (Å²) in [4.78, 5) is 13.0. The highest BCUT2D eigenvalue weighted by Gasteiger charge is 2.17. The molecule has 1 unspecified atom stereocenters. The monoisotopic (exact) mass is 195 g/mol. The second-order valence-corrected chi connectivity index (χ2v) is 3.63. The van der Waals surface area contributed by atoms with Gasteiger partial charge in [-0.2, -0.15) is 0 Å². The summed E-state index contributed by atoms with van der Waals surface area (Å²) in [5, 5.41) is 0. The average Bonchev–Trinajstić information content (AvgIpc) is 2.20. The smallest absolute Gasteiger partial charge is 0.384 e. The number of carbonyl (C=O) groups excluding carboxylic acids is 1. The van der Waals surface area contributed by atoms with Gasteiger partial charge in [0.1, 0.15) is 0 Å². The lowest BCUT2D eigenvalue weighted by Gasteiger charge is -2.30. The van der Waals surface area contributed by atoms with E-state index in [0.717, 1.165) is 13.0 Å². The highest BCUT2D eigenvalue weighted by molar-refractivity contribution is 5.88. The number of rotatable bonds is 1. The number of piperidine rings is 1. The zero-order valence-corrected chi connectivity index (χ0v) is 8.88. The molecule has 1 rings (SSSR count). The molecule has 0 amide bonds. The van der Waals surface area contributed by atoms with Crippen LogP contribution in [-0.4, -0.2) is 37.6 Å². The van der Waals surface area contributed by atoms with Gasteiger partial charge in [-0.15, -0.1) is 0 Å². The summed E-state index contributed by atoms with van der Waals surface area (Å²) in [7, 11) is 3.47. The van der Waals surface area contributed by atoms with Crippen LogP contribution in [-0.2, 0) is 9.53 Å². The van der Waals surface area contributed by atoms with Crippen molar-refractivity contribution in [3.05, 3.63) is 0 Å². The zero-order valence-electron chi connectivity index (χ0n) is 8.88. The van der Waals surface area contributed by atoms with Gasteiger partial charge in [-0.25, -0.2) is 4.79 Å². The Hall–Kier alpha value is -1.01. The van der Waals surface area contributed by atoms with Gasteiger partial charge in [-0.05, 0) is 26.4 Å². The summed E-state index contributed by atoms with van der Waals surface area (Å²) in [5.74, 6) is 4.89. The van der Waals surface area contributed by atoms with Crippen molar-refractivity contribution in [3.63, 3.8) is 0 Å². The summed E-state index contributed by atoms with van der Waals surface area (Å²) in [6, 6.07) is 0.515. The first-order chi connectivity index (χ1) is 6.74. The molecule has 1 saturated heterocycles. The molecule has 1 aliphatic heterocycles. The molecule has 0 aromatic carbocycles. The molecule has 78 valence electrons. The van der Waals surface area contributed by atoms with Crippen LogP contribution in [0.5, 0.6) is 0 Å². The average molecular weight is 195 g/mol. The number of esters is 1. The van der Waals surface area contributed by atoms with E-state index in [-0.39, 0.29) is 0 Å². The maximum absolute atomic E-state index is 10.7. The first-order valence-corrected chi connectivity index (χ1v) is 5.01. The van der Waals surface area contributed by atoms with Gasteiger partial charge >= 0.3 is 5.97 Å². The molecular weight excluding hydrogens is 178 g/mol. The first-order valence-electron chi connectivity index (χ1n) is 5.01. The van der Waals surface area contributed by atoms with Gasteiger partial charge in [0.15, 0.2) is 0 Å². The molecule has 3 heteroatoms. The molecule has 0 bridgehead atoms. The van der Waals surface area contributed by atoms with Crippen molar-refractivity contribution in [3.8, 4) is 11.8 Å². The van der Waals surface area contributed by atoms with Crippen molar-refractivity contribution >= 4 is 5.97 Å². The number of nitrogens with zero attached hydrogens (tertiary/aromatic N) is 1. The van der Waals surface area contributed by atoms with Crippen molar-refractivity contribution in [1.82, 2.24) is 4.90 Å². The topological polar surface area (TPSA) is 29.5 Å². The van der Waals surface area contributed by atoms with E-state index in [1.165, 1.54) is 26.4 Å². The molecule has 0 aromatic rings. The van der Waals surface area contributed by atoms with Crippen LogP contribution in [0.4, 0.5) is 0 Å². The van der Waals surface area contributed by atoms with Gasteiger partial charge in [0.25, 0.3) is 0 Å². The van der Waals surface area contributed by atoms with E-state index in [2.05, 4.69) is 28.5 Å². The minimum atomic E-state index is -0.441. The van der Waals surface area contributed by atoms with Crippen molar-refractivity contribution in [2.45, 2.75) is 31.7 Å². The van der Waals surface area contributed by atoms with Gasteiger partial charge in [0.2, 0.25) is 0 Å². The molecule has 1 fully saturated rings. The number of likely N-dealkylation sites (tertiary alicyclic amines) is 1. The third-order valence-corrected chi connectivity index (χ3v) is 2.64. The Morgan fingerprint density at radius 1 is 1.57 bits per heavy atom. The molecule has 0 spiro atoms. The van der Waals surface area contributed by atoms with Crippen molar-refractivity contribution < 1.29 is 9.53 Å². The molecule has 14 heavy (non-hydrogen) atoms. The molecule has 0 radical (unpaired) electrons. The fourth-order valence-corrected chi connectivity index (χ4v) is 1.69. The maximum Gasteiger partial charge on any atom is 0.384 e. The van der Waals surface area contributed by atoms with Crippen molar-refractivity contribution in [2.75, 3.05) is 20.7 Å². The molecule has 1 heterocycles. The second kappa shape index (κ2) is 5.66. The van der Waals surface area contributed by atoms with Gasteiger partial charge in [0.05, 0.1) is 7.11 Å². The van der Waals surface area contributed by atoms with E-state index in [1.807, 2.05) is 0 Å². The third-order valence-electron chi connectivity index (χ3n) is 2.64. The Balaban J connectivity index is 2.34. The van der Waals surface area contributed by atoms with Gasteiger partial charge in [-0.1, -0.05) is 12.3 Å². The summed E-state index contributed by atoms with van der Waals surface area (Å²) in [6.45, 7) is 1.14. The van der Waals surface area contributed by atoms with Crippen LogP contribution in [0.25, 0.3) is 0 Å². The van der Waals surface area contributed by atoms with E-state index in [4.69, 9.17) is 0 Å². The summed E-state index contributed by atoms with van der Waals surface area (Å²) in [6.07, 6.45) is 4.50. The summed E-state index contributed by atoms with van der Waals surface area (Å²) < 4.78 is 4.44. The Morgan fingerprint density at radius 3 is 3.00 bits per heavy atom. The molecule has 1 atom stereocenters. The molecule has 0 aromatic heterocycles. The van der Waals surface area contributed by atoms with Crippen LogP contribution in [0, 0.1) is 11.8 Å². The molecule has 3 nitrogen and oxygen atoms in total. The highest BCUT2D eigenvalue weighted by Crippen LogP contribution is 2.16. The van der Waals surface area contributed by atoms with E-state index in [1.54, 1.807) is 0 Å². The minimum absolute atomic E-state index is 0.441. The number of ether oxygens (including phenoxy) is 1. The molecular formula is C11H17NO2. The molecule has 1 aliphatic rings. The van der Waals surface area contributed by atoms with Gasteiger partial charge in [0, 0.05) is 18.4 Å². The lowest BCUT2D eigenvalue weighted by molar-refractivity contribution is -0.133. The summed E-state index contributed by atoms with van der Waals surface area (Å²) >= 11 is 0. The Kier molecular flexibility index (Phi) is 4.48. The van der Waals surface area contributed by atoms with Crippen LogP contribution in [0.1, 0.15) is 25.7 Å². The van der Waals surface area contributed by atoms with Crippen LogP contribution in [0.15, 0.2) is 0 Å². The molecule has 0 saturated carbocycles. The first kappa shape index (κ1) is 11.1. The normalized spacial score (nSPS) is 22.3. The van der Waals surface area contributed by atoms with Crippen molar-refractivity contribution in [2.24, 2.45) is 0 Å². The van der Waals surface area contributed by atoms with Crippen LogP contribution < -0.4 is 0 Å². The predicted octanol–water partition coefficient (Wildman–Crippen LogP) is 1.04. The largest absolute Gasteiger partial charge is 0.459 e. The zero-order chi connectivity index (χ0) is 10.4. The fourth-order valence-electron chi connectivity index (χ4n) is 1.69. The van der Waals surface area contributed by atoms with Crippen molar-refractivity contribution in [1.29, 1.82) is 0 Å². The number of hydrogen-bond donors (Lipinski definition) is 0. The number of carbonyl (C=O) groups is 1. The Labute approximate surface area is 85.4 Å². The lowest BCUT2D eigenvalue weighted by Crippen LogP contribution is -2.35. The molecule has 0 aliphatic carbocycles. The second-order valence-electron chi connectivity index (χ2n) is 3.63. The minimum Gasteiger partial charge on any atom is -0.459 e. The predicted molar refractivity (Wildman–Crippen MR) is 54.7 cm³/mol. The standard InChI is InChI=1S/C11H17NO2/c1-12-9-4-3-6-10(12)7-5-8-11(13)14-2/h10H,3-4,6-7,9H2,1-2H3. The lowest BCUT2D eigenvalue weighted by atomic mass is 10.0. The number of hydrogen-bond acceptors (Lipinski definition) is 3. The van der Waals surface area contributed by atoms with Crippen LogP contribution >= 0.6 is 0 Å². The Bertz CT molecular complexity index is 252. The third kappa shape index (κ3) is 3.39. The van der Waals surface area contributed by atoms with Gasteiger partial charge < -0.3 is 9.64 Å². The van der Waals surface area contributed by atoms with E-state index in [0.29, 0.717) is 6.04 Å². The van der Waals surface area contributed by atoms with Crippen LogP contribution in [0.2, 0.25) is 0 Å². The maximum atomic E-state index is 10.7. The fraction of sp³-hybridized carbons (Fsp3) is 0.727. The number of methoxy groups -OCH3 is 1. The van der Waals surface area contributed by atoms with E-state index < -0.39 is 5.97 Å². The SMILES string of the molecule is COC(=O)C#CCC1CCCCN1C. The van der Waals surface area contributed by atoms with Gasteiger partial charge in [-0.3, -0.25) is 0 Å². The molecule has 0 N–H and O–H groups in total. The van der Waals surface area contributed by atoms with Crippen LogP contribution in [0.3, 0.4) is 0 Å². The highest BCUT2D eigenvalue weighted by atomic mass is 16.5. The quantitative estimate of drug-likeness (QED) is 0.355.